The first kappa shape index (κ1) is 30.4. The van der Waals surface area contributed by atoms with Gasteiger partial charge < -0.3 is 31.7 Å². The highest BCUT2D eigenvalue weighted by atomic mass is 16.5. The highest BCUT2D eigenvalue weighted by molar-refractivity contribution is 5.98. The summed E-state index contributed by atoms with van der Waals surface area (Å²) in [6.45, 7) is 8.96. The number of amides is 5. The Morgan fingerprint density at radius 1 is 0.944 bits per heavy atom. The zero-order valence-electron chi connectivity index (χ0n) is 21.7. The second kappa shape index (κ2) is 15.4. The number of benzene rings is 1. The second-order valence-electron chi connectivity index (χ2n) is 9.00. The first-order valence-electron chi connectivity index (χ1n) is 12.1. The van der Waals surface area contributed by atoms with Crippen LogP contribution in [0.1, 0.15) is 59.4 Å². The van der Waals surface area contributed by atoms with Crippen molar-refractivity contribution in [3.8, 4) is 0 Å². The fourth-order valence-corrected chi connectivity index (χ4v) is 3.16. The number of primary amides is 1. The van der Waals surface area contributed by atoms with Crippen LogP contribution >= 0.6 is 0 Å². The molecule has 1 aromatic carbocycles. The van der Waals surface area contributed by atoms with Gasteiger partial charge in [0, 0.05) is 25.1 Å². The third-order valence-corrected chi connectivity index (χ3v) is 5.57. The molecule has 0 fully saturated rings. The van der Waals surface area contributed by atoms with Gasteiger partial charge in [0.05, 0.1) is 0 Å². The molecule has 0 spiro atoms. The van der Waals surface area contributed by atoms with Gasteiger partial charge in [-0.05, 0) is 42.9 Å². The zero-order valence-corrected chi connectivity index (χ0v) is 21.7. The molecule has 200 valence electrons. The van der Waals surface area contributed by atoms with E-state index in [-0.39, 0.29) is 37.3 Å². The summed E-state index contributed by atoms with van der Waals surface area (Å²) in [6, 6.07) is 4.33. The molecule has 36 heavy (non-hydrogen) atoms. The summed E-state index contributed by atoms with van der Waals surface area (Å²) in [6.07, 6.45) is 1.25. The molecule has 0 saturated heterocycles. The topological polar surface area (TPSA) is 169 Å². The minimum absolute atomic E-state index is 0.119. The van der Waals surface area contributed by atoms with Gasteiger partial charge in [0.15, 0.2) is 0 Å². The molecule has 0 radical (unpaired) electrons. The maximum Gasteiger partial charge on any atom is 0.312 e. The second-order valence-corrected chi connectivity index (χ2v) is 9.00. The molecule has 1 aromatic rings. The molecule has 0 aliphatic rings. The third kappa shape index (κ3) is 11.2. The lowest BCUT2D eigenvalue weighted by Crippen LogP contribution is -2.55. The van der Waals surface area contributed by atoms with Crippen molar-refractivity contribution < 1.29 is 28.7 Å². The van der Waals surface area contributed by atoms with E-state index in [1.54, 1.807) is 31.2 Å². The largest absolute Gasteiger partial charge is 0.461 e. The molecule has 0 saturated carbocycles. The highest BCUT2D eigenvalue weighted by Gasteiger charge is 2.29. The van der Waals surface area contributed by atoms with Gasteiger partial charge in [0.25, 0.3) is 0 Å². The Bertz CT molecular complexity index is 903. The molecule has 2 unspecified atom stereocenters. The maximum absolute atomic E-state index is 13.1. The number of carbonyl (C=O) groups is 5. The van der Waals surface area contributed by atoms with Crippen molar-refractivity contribution in [2.45, 2.75) is 72.6 Å². The fourth-order valence-electron chi connectivity index (χ4n) is 3.16. The van der Waals surface area contributed by atoms with Gasteiger partial charge in [-0.25, -0.2) is 4.79 Å². The molecule has 1 rings (SSSR count). The lowest BCUT2D eigenvalue weighted by molar-refractivity contribution is -0.142. The van der Waals surface area contributed by atoms with Gasteiger partial charge in [-0.1, -0.05) is 39.8 Å². The molecule has 3 atom stereocenters. The minimum Gasteiger partial charge on any atom is -0.461 e. The summed E-state index contributed by atoms with van der Waals surface area (Å²) in [5, 5.41) is 10.7. The van der Waals surface area contributed by atoms with Crippen molar-refractivity contribution in [1.82, 2.24) is 16.0 Å². The average Bonchev–Trinajstić information content (AvgIpc) is 2.82. The van der Waals surface area contributed by atoms with Crippen LogP contribution in [0.25, 0.3) is 0 Å². The Morgan fingerprint density at radius 2 is 1.58 bits per heavy atom. The molecule has 0 aliphatic carbocycles. The standard InChI is InChI=1S/C25H39N5O6/c1-6-16(4)22(32)30-21(15(2)3)24(34)29-20(8-7-13-27-25(26)35)23(33)28-19-11-9-18(10-12-19)14-36-17(5)31/h9-12,15-16,20-21H,6-8,13-14H2,1-5H3,(H,28,33)(H,29,34)(H,30,32)(H3,26,27,35)/t16?,20-,21?/m0/s1. The molecule has 0 bridgehead atoms. The van der Waals surface area contributed by atoms with Crippen LogP contribution in [0.4, 0.5) is 10.5 Å². The first-order valence-corrected chi connectivity index (χ1v) is 12.1. The van der Waals surface area contributed by atoms with E-state index in [1.807, 2.05) is 20.8 Å². The molecule has 11 heteroatoms. The van der Waals surface area contributed by atoms with Gasteiger partial charge in [-0.3, -0.25) is 19.2 Å². The molecule has 11 nitrogen and oxygen atoms in total. The summed E-state index contributed by atoms with van der Waals surface area (Å²) < 4.78 is 4.95. The Kier molecular flexibility index (Phi) is 13.0. The van der Waals surface area contributed by atoms with E-state index in [0.29, 0.717) is 18.5 Å². The van der Waals surface area contributed by atoms with Gasteiger partial charge >= 0.3 is 12.0 Å². The summed E-state index contributed by atoms with van der Waals surface area (Å²) in [5.74, 6) is -2.00. The number of hydrogen-bond donors (Lipinski definition) is 5. The molecular formula is C25H39N5O6. The predicted octanol–water partition coefficient (Wildman–Crippen LogP) is 1.81. The van der Waals surface area contributed by atoms with Crippen molar-refractivity contribution in [2.75, 3.05) is 11.9 Å². The third-order valence-electron chi connectivity index (χ3n) is 5.57. The average molecular weight is 506 g/mol. The van der Waals surface area contributed by atoms with Crippen molar-refractivity contribution >= 4 is 35.4 Å². The normalized spacial score (nSPS) is 13.2. The van der Waals surface area contributed by atoms with Gasteiger partial charge in [-0.15, -0.1) is 0 Å². The number of urea groups is 1. The fraction of sp³-hybridized carbons (Fsp3) is 0.560. The number of nitrogens with one attached hydrogen (secondary N) is 4. The number of esters is 1. The Morgan fingerprint density at radius 3 is 2.11 bits per heavy atom. The molecular weight excluding hydrogens is 466 g/mol. The van der Waals surface area contributed by atoms with Crippen molar-refractivity contribution in [1.29, 1.82) is 0 Å². The Hall–Kier alpha value is -3.63. The van der Waals surface area contributed by atoms with Crippen molar-refractivity contribution in [3.05, 3.63) is 29.8 Å². The van der Waals surface area contributed by atoms with E-state index in [9.17, 15) is 24.0 Å². The molecule has 5 amide bonds. The monoisotopic (exact) mass is 505 g/mol. The molecule has 0 heterocycles. The van der Waals surface area contributed by atoms with Crippen molar-refractivity contribution in [2.24, 2.45) is 17.6 Å². The van der Waals surface area contributed by atoms with Crippen LogP contribution in [-0.4, -0.2) is 48.4 Å². The number of carbonyl (C=O) groups excluding carboxylic acids is 5. The predicted molar refractivity (Wildman–Crippen MR) is 136 cm³/mol. The zero-order chi connectivity index (χ0) is 27.3. The van der Waals surface area contributed by atoms with E-state index < -0.39 is 35.9 Å². The maximum atomic E-state index is 13.1. The summed E-state index contributed by atoms with van der Waals surface area (Å²) in [4.78, 5) is 60.4. The van der Waals surface area contributed by atoms with E-state index in [1.165, 1.54) is 6.92 Å². The van der Waals surface area contributed by atoms with Crippen LogP contribution in [0.2, 0.25) is 0 Å². The van der Waals surface area contributed by atoms with E-state index >= 15 is 0 Å². The number of nitrogens with two attached hydrogens (primary N) is 1. The number of rotatable bonds is 14. The van der Waals surface area contributed by atoms with Crippen LogP contribution in [0.5, 0.6) is 0 Å². The molecule has 0 aromatic heterocycles. The number of hydrogen-bond acceptors (Lipinski definition) is 6. The minimum atomic E-state index is -0.922. The van der Waals surface area contributed by atoms with E-state index in [4.69, 9.17) is 10.5 Å². The SMILES string of the molecule is CCC(C)C(=O)NC(C(=O)N[C@@H](CCCNC(N)=O)C(=O)Nc1ccc(COC(C)=O)cc1)C(C)C. The lowest BCUT2D eigenvalue weighted by Gasteiger charge is -2.26. The van der Waals surface area contributed by atoms with E-state index in [2.05, 4.69) is 21.3 Å². The number of ether oxygens (including phenoxy) is 1. The summed E-state index contributed by atoms with van der Waals surface area (Å²) in [5.41, 5.74) is 6.33. The first-order chi connectivity index (χ1) is 16.9. The Balaban J connectivity index is 2.93. The smallest absolute Gasteiger partial charge is 0.312 e. The van der Waals surface area contributed by atoms with Crippen LogP contribution in [0.3, 0.4) is 0 Å². The summed E-state index contributed by atoms with van der Waals surface area (Å²) >= 11 is 0. The van der Waals surface area contributed by atoms with E-state index in [0.717, 1.165) is 5.56 Å². The van der Waals surface area contributed by atoms with Gasteiger partial charge in [-0.2, -0.15) is 0 Å². The van der Waals surface area contributed by atoms with Crippen LogP contribution in [0, 0.1) is 11.8 Å². The van der Waals surface area contributed by atoms with Gasteiger partial charge in [0.1, 0.15) is 18.7 Å². The number of anilines is 1. The van der Waals surface area contributed by atoms with Crippen LogP contribution in [-0.2, 0) is 30.5 Å². The van der Waals surface area contributed by atoms with Crippen LogP contribution < -0.4 is 27.0 Å². The molecule has 0 aliphatic heterocycles. The lowest BCUT2D eigenvalue weighted by atomic mass is 10.00. The highest BCUT2D eigenvalue weighted by Crippen LogP contribution is 2.13. The van der Waals surface area contributed by atoms with Gasteiger partial charge in [0.2, 0.25) is 17.7 Å². The van der Waals surface area contributed by atoms with Crippen molar-refractivity contribution in [3.63, 3.8) is 0 Å². The van der Waals surface area contributed by atoms with Crippen LogP contribution in [0.15, 0.2) is 24.3 Å². The molecule has 6 N–H and O–H groups in total. The Labute approximate surface area is 212 Å². The summed E-state index contributed by atoms with van der Waals surface area (Å²) in [7, 11) is 0. The quantitative estimate of drug-likeness (QED) is 0.191.